The van der Waals surface area contributed by atoms with E-state index in [4.69, 9.17) is 5.11 Å². The Labute approximate surface area is 107 Å². The van der Waals surface area contributed by atoms with Crippen LogP contribution in [0, 0.1) is 5.41 Å². The molecule has 1 rings (SSSR count). The van der Waals surface area contributed by atoms with Crippen LogP contribution in [0.1, 0.15) is 36.4 Å². The quantitative estimate of drug-likeness (QED) is 0.846. The van der Waals surface area contributed by atoms with E-state index in [2.05, 4.69) is 15.9 Å². The molecular formula is C11H13BrO3S. The monoisotopic (exact) mass is 304 g/mol. The predicted octanol–water partition coefficient (Wildman–Crippen LogP) is 3.58. The maximum absolute atomic E-state index is 11.9. The van der Waals surface area contributed by atoms with Crippen LogP contribution < -0.4 is 0 Å². The molecule has 88 valence electrons. The smallest absolute Gasteiger partial charge is 0.303 e. The first-order valence-electron chi connectivity index (χ1n) is 4.80. The van der Waals surface area contributed by atoms with Crippen LogP contribution in [0.3, 0.4) is 0 Å². The van der Waals surface area contributed by atoms with Gasteiger partial charge < -0.3 is 5.11 Å². The molecule has 0 aromatic carbocycles. The largest absolute Gasteiger partial charge is 0.481 e. The molecule has 1 aromatic heterocycles. The van der Waals surface area contributed by atoms with Gasteiger partial charge in [-0.25, -0.2) is 0 Å². The van der Waals surface area contributed by atoms with Crippen molar-refractivity contribution in [2.75, 3.05) is 0 Å². The fourth-order valence-electron chi connectivity index (χ4n) is 1.48. The summed E-state index contributed by atoms with van der Waals surface area (Å²) in [5.74, 6) is -0.879. The number of rotatable bonds is 5. The van der Waals surface area contributed by atoms with Gasteiger partial charge in [0.15, 0.2) is 5.78 Å². The van der Waals surface area contributed by atoms with E-state index in [1.807, 2.05) is 11.4 Å². The molecular weight excluding hydrogens is 292 g/mol. The molecule has 0 saturated carbocycles. The van der Waals surface area contributed by atoms with Gasteiger partial charge in [-0.3, -0.25) is 9.59 Å². The average molecular weight is 305 g/mol. The second-order valence-corrected chi connectivity index (χ2v) is 6.20. The summed E-state index contributed by atoms with van der Waals surface area (Å²) in [5.41, 5.74) is -0.508. The fraction of sp³-hybridized carbons (Fsp3) is 0.455. The summed E-state index contributed by atoms with van der Waals surface area (Å²) in [5, 5.41) is 10.6. The number of Topliss-reactive ketones (excluding diaryl/α,β-unsaturated/α-hetero) is 1. The minimum Gasteiger partial charge on any atom is -0.481 e. The molecule has 0 aliphatic heterocycles. The first kappa shape index (κ1) is 13.4. The van der Waals surface area contributed by atoms with Crippen molar-refractivity contribution in [3.8, 4) is 0 Å². The number of carbonyl (C=O) groups excluding carboxylic acids is 1. The Kier molecular flexibility index (Phi) is 4.27. The molecule has 0 radical (unpaired) electrons. The number of thiophene rings is 1. The number of carbonyl (C=O) groups is 2. The molecule has 1 heterocycles. The topological polar surface area (TPSA) is 54.4 Å². The van der Waals surface area contributed by atoms with Crippen molar-refractivity contribution in [2.45, 2.75) is 26.7 Å². The van der Waals surface area contributed by atoms with Gasteiger partial charge in [0, 0.05) is 10.9 Å². The lowest BCUT2D eigenvalue weighted by molar-refractivity contribution is -0.139. The van der Waals surface area contributed by atoms with Gasteiger partial charge in [-0.1, -0.05) is 13.8 Å². The SMILES string of the molecule is CC(C)(CC(=O)O)CC(=O)c1sccc1Br. The van der Waals surface area contributed by atoms with Gasteiger partial charge in [0.2, 0.25) is 0 Å². The summed E-state index contributed by atoms with van der Waals surface area (Å²) < 4.78 is 0.786. The van der Waals surface area contributed by atoms with Crippen molar-refractivity contribution in [3.63, 3.8) is 0 Å². The Bertz CT molecular complexity index is 409. The number of aliphatic carboxylic acids is 1. The van der Waals surface area contributed by atoms with Gasteiger partial charge >= 0.3 is 5.97 Å². The van der Waals surface area contributed by atoms with Crippen LogP contribution in [0.2, 0.25) is 0 Å². The van der Waals surface area contributed by atoms with Crippen molar-refractivity contribution in [1.82, 2.24) is 0 Å². The van der Waals surface area contributed by atoms with Crippen LogP contribution in [0.25, 0.3) is 0 Å². The molecule has 0 atom stereocenters. The average Bonchev–Trinajstić information content (AvgIpc) is 2.47. The Morgan fingerprint density at radius 1 is 1.44 bits per heavy atom. The van der Waals surface area contributed by atoms with E-state index >= 15 is 0 Å². The Balaban J connectivity index is 2.71. The van der Waals surface area contributed by atoms with Crippen molar-refractivity contribution >= 4 is 39.0 Å². The summed E-state index contributed by atoms with van der Waals surface area (Å²) in [6.07, 6.45) is 0.250. The highest BCUT2D eigenvalue weighted by Gasteiger charge is 2.26. The molecule has 0 fully saturated rings. The van der Waals surface area contributed by atoms with Gasteiger partial charge in [0.05, 0.1) is 11.3 Å². The fourth-order valence-corrected chi connectivity index (χ4v) is 3.01. The molecule has 0 aliphatic rings. The molecule has 16 heavy (non-hydrogen) atoms. The van der Waals surface area contributed by atoms with Crippen LogP contribution in [0.15, 0.2) is 15.9 Å². The number of ketones is 1. The van der Waals surface area contributed by atoms with Crippen molar-refractivity contribution in [2.24, 2.45) is 5.41 Å². The predicted molar refractivity (Wildman–Crippen MR) is 67.0 cm³/mol. The maximum Gasteiger partial charge on any atom is 0.303 e. The lowest BCUT2D eigenvalue weighted by atomic mass is 9.84. The van der Waals surface area contributed by atoms with Gasteiger partial charge in [-0.05, 0) is 32.8 Å². The van der Waals surface area contributed by atoms with E-state index in [0.29, 0.717) is 4.88 Å². The standard InChI is InChI=1S/C11H13BrO3S/c1-11(2,6-9(14)15)5-8(13)10-7(12)3-4-16-10/h3-4H,5-6H2,1-2H3,(H,14,15). The van der Waals surface area contributed by atoms with E-state index in [0.717, 1.165) is 4.47 Å². The lowest BCUT2D eigenvalue weighted by Crippen LogP contribution is -2.20. The van der Waals surface area contributed by atoms with Crippen LogP contribution in [0.5, 0.6) is 0 Å². The summed E-state index contributed by atoms with van der Waals surface area (Å²) in [4.78, 5) is 23.2. The Hall–Kier alpha value is -0.680. The molecule has 0 spiro atoms. The van der Waals surface area contributed by atoms with E-state index in [-0.39, 0.29) is 18.6 Å². The normalized spacial score (nSPS) is 11.4. The highest BCUT2D eigenvalue weighted by molar-refractivity contribution is 9.10. The van der Waals surface area contributed by atoms with Gasteiger partial charge in [0.1, 0.15) is 0 Å². The minimum absolute atomic E-state index is 0.00172. The summed E-state index contributed by atoms with van der Waals surface area (Å²) in [6, 6.07) is 1.82. The first-order chi connectivity index (χ1) is 7.32. The third-order valence-electron chi connectivity index (χ3n) is 2.14. The molecule has 0 bridgehead atoms. The van der Waals surface area contributed by atoms with Crippen LogP contribution in [-0.2, 0) is 4.79 Å². The van der Waals surface area contributed by atoms with E-state index in [1.54, 1.807) is 13.8 Å². The third-order valence-corrected chi connectivity index (χ3v) is 4.02. The number of carboxylic acids is 1. The molecule has 1 aromatic rings. The summed E-state index contributed by atoms with van der Waals surface area (Å²) in [6.45, 7) is 3.58. The first-order valence-corrected chi connectivity index (χ1v) is 6.47. The van der Waals surface area contributed by atoms with E-state index in [1.165, 1.54) is 11.3 Å². The van der Waals surface area contributed by atoms with E-state index < -0.39 is 11.4 Å². The summed E-state index contributed by atoms with van der Waals surface area (Å²) in [7, 11) is 0. The van der Waals surface area contributed by atoms with Crippen LogP contribution >= 0.6 is 27.3 Å². The Morgan fingerprint density at radius 3 is 2.50 bits per heavy atom. The van der Waals surface area contributed by atoms with Crippen molar-refractivity contribution < 1.29 is 14.7 Å². The number of hydrogen-bond donors (Lipinski definition) is 1. The minimum atomic E-state index is -0.872. The van der Waals surface area contributed by atoms with E-state index in [9.17, 15) is 9.59 Å². The van der Waals surface area contributed by atoms with Crippen molar-refractivity contribution in [3.05, 3.63) is 20.8 Å². The molecule has 0 aliphatic carbocycles. The number of hydrogen-bond acceptors (Lipinski definition) is 3. The maximum atomic E-state index is 11.9. The zero-order chi connectivity index (χ0) is 12.3. The van der Waals surface area contributed by atoms with Gasteiger partial charge in [-0.15, -0.1) is 11.3 Å². The lowest BCUT2D eigenvalue weighted by Gasteiger charge is -2.20. The molecule has 5 heteroatoms. The highest BCUT2D eigenvalue weighted by atomic mass is 79.9. The second-order valence-electron chi connectivity index (χ2n) is 4.43. The van der Waals surface area contributed by atoms with Gasteiger partial charge in [-0.2, -0.15) is 0 Å². The molecule has 1 N–H and O–H groups in total. The van der Waals surface area contributed by atoms with Crippen LogP contribution in [0.4, 0.5) is 0 Å². The zero-order valence-electron chi connectivity index (χ0n) is 9.12. The number of halogens is 1. The third kappa shape index (κ3) is 3.72. The molecule has 0 saturated heterocycles. The Morgan fingerprint density at radius 2 is 2.06 bits per heavy atom. The number of carboxylic acid groups (broad SMARTS) is 1. The molecule has 3 nitrogen and oxygen atoms in total. The van der Waals surface area contributed by atoms with Crippen molar-refractivity contribution in [1.29, 1.82) is 0 Å². The second kappa shape index (κ2) is 5.10. The molecule has 0 unspecified atom stereocenters. The van der Waals surface area contributed by atoms with Gasteiger partial charge in [0.25, 0.3) is 0 Å². The zero-order valence-corrected chi connectivity index (χ0v) is 11.5. The summed E-state index contributed by atoms with van der Waals surface area (Å²) >= 11 is 4.67. The highest BCUT2D eigenvalue weighted by Crippen LogP contribution is 2.31. The molecule has 0 amide bonds. The van der Waals surface area contributed by atoms with Crippen LogP contribution in [-0.4, -0.2) is 16.9 Å².